The number of nitrogens with zero attached hydrogens (tertiary/aromatic N) is 3. The first-order valence-electron chi connectivity index (χ1n) is 4.46. The topological polar surface area (TPSA) is 30.2 Å². The van der Waals surface area contributed by atoms with Crippen LogP contribution >= 0.6 is 23.1 Å². The van der Waals surface area contributed by atoms with Crippen LogP contribution in [0, 0.1) is 6.92 Å². The van der Waals surface area contributed by atoms with E-state index in [0.29, 0.717) is 0 Å². The van der Waals surface area contributed by atoms with Crippen molar-refractivity contribution in [2.24, 2.45) is 12.0 Å². The summed E-state index contributed by atoms with van der Waals surface area (Å²) in [6, 6.07) is 7.39. The number of benzene rings is 1. The smallest absolute Gasteiger partial charge is 0.227 e. The van der Waals surface area contributed by atoms with E-state index in [1.54, 1.807) is 0 Å². The van der Waals surface area contributed by atoms with Gasteiger partial charge in [-0.3, -0.25) is 3.96 Å². The number of rotatable bonds is 1. The summed E-state index contributed by atoms with van der Waals surface area (Å²) in [4.78, 5) is 9.46. The van der Waals surface area contributed by atoms with E-state index < -0.39 is 0 Å². The van der Waals surface area contributed by atoms with E-state index >= 15 is 0 Å². The lowest BCUT2D eigenvalue weighted by atomic mass is 10.3. The molecule has 0 atom stereocenters. The van der Waals surface area contributed by atoms with Gasteiger partial charge in [0.15, 0.2) is 0 Å². The second kappa shape index (κ2) is 4.16. The Labute approximate surface area is 96.8 Å². The van der Waals surface area contributed by atoms with Crippen molar-refractivity contribution in [2.75, 3.05) is 0 Å². The highest BCUT2D eigenvalue weighted by Gasteiger charge is 1.96. The molecule has 78 valence electrons. The summed E-state index contributed by atoms with van der Waals surface area (Å²) in [5.41, 5.74) is 0.869. The van der Waals surface area contributed by atoms with Gasteiger partial charge in [0.1, 0.15) is 5.82 Å². The molecule has 0 spiro atoms. The van der Waals surface area contributed by atoms with Crippen molar-refractivity contribution in [1.29, 1.82) is 0 Å². The maximum atomic E-state index is 5.79. The molecule has 0 N–H and O–H groups in total. The van der Waals surface area contributed by atoms with Gasteiger partial charge in [-0.2, -0.15) is 0 Å². The molecule has 0 aliphatic rings. The van der Waals surface area contributed by atoms with E-state index in [1.165, 1.54) is 11.5 Å². The van der Waals surface area contributed by atoms with Gasteiger partial charge in [-0.15, -0.1) is 0 Å². The van der Waals surface area contributed by atoms with Gasteiger partial charge in [0.2, 0.25) is 4.80 Å². The molecule has 0 unspecified atom stereocenters. The second-order valence-electron chi connectivity index (χ2n) is 3.12. The lowest BCUT2D eigenvalue weighted by Gasteiger charge is -1.90. The SMILES string of the molecule is Cc1nc(=Nc2ccc(Cl)cc2)sn1C. The van der Waals surface area contributed by atoms with Crippen LogP contribution in [-0.2, 0) is 7.05 Å². The predicted octanol–water partition coefficient (Wildman–Crippen LogP) is 2.68. The molecule has 15 heavy (non-hydrogen) atoms. The zero-order chi connectivity index (χ0) is 10.8. The fourth-order valence-corrected chi connectivity index (χ4v) is 1.95. The highest BCUT2D eigenvalue weighted by molar-refractivity contribution is 7.03. The summed E-state index contributed by atoms with van der Waals surface area (Å²) >= 11 is 7.30. The highest BCUT2D eigenvalue weighted by atomic mass is 35.5. The molecule has 1 heterocycles. The molecule has 0 bridgehead atoms. The van der Waals surface area contributed by atoms with E-state index in [-0.39, 0.29) is 0 Å². The van der Waals surface area contributed by atoms with E-state index in [2.05, 4.69) is 9.98 Å². The summed E-state index contributed by atoms with van der Waals surface area (Å²) in [6.07, 6.45) is 0. The van der Waals surface area contributed by atoms with Crippen LogP contribution in [0.1, 0.15) is 5.82 Å². The Hall–Kier alpha value is -1.13. The quantitative estimate of drug-likeness (QED) is 0.753. The van der Waals surface area contributed by atoms with Crippen LogP contribution in [-0.4, -0.2) is 8.94 Å². The van der Waals surface area contributed by atoms with E-state index in [4.69, 9.17) is 11.6 Å². The lowest BCUT2D eigenvalue weighted by Crippen LogP contribution is -1.96. The Bertz CT molecular complexity index is 502. The first kappa shape index (κ1) is 10.4. The standard InChI is InChI=1S/C10H10ClN3S/c1-7-12-10(15-14(7)2)13-9-5-3-8(11)4-6-9/h3-6H,1-2H3. The molecule has 3 nitrogen and oxygen atoms in total. The monoisotopic (exact) mass is 239 g/mol. The summed E-state index contributed by atoms with van der Waals surface area (Å²) in [5, 5.41) is 0.717. The van der Waals surface area contributed by atoms with Gasteiger partial charge in [0.25, 0.3) is 0 Å². The van der Waals surface area contributed by atoms with Crippen LogP contribution in [0.2, 0.25) is 5.02 Å². The van der Waals surface area contributed by atoms with Crippen LogP contribution in [0.5, 0.6) is 0 Å². The number of aryl methyl sites for hydroxylation is 2. The van der Waals surface area contributed by atoms with Gasteiger partial charge in [0, 0.05) is 12.1 Å². The van der Waals surface area contributed by atoms with Gasteiger partial charge in [-0.1, -0.05) is 11.6 Å². The molecular weight excluding hydrogens is 230 g/mol. The minimum absolute atomic E-state index is 0.717. The van der Waals surface area contributed by atoms with Gasteiger partial charge in [0.05, 0.1) is 5.69 Å². The Morgan fingerprint density at radius 3 is 2.53 bits per heavy atom. The second-order valence-corrected chi connectivity index (χ2v) is 4.65. The minimum Gasteiger partial charge on any atom is -0.286 e. The Balaban J connectivity index is 2.42. The molecule has 2 rings (SSSR count). The molecule has 0 saturated carbocycles. The molecular formula is C10H10ClN3S. The van der Waals surface area contributed by atoms with Crippen LogP contribution < -0.4 is 4.80 Å². The molecule has 1 aromatic heterocycles. The van der Waals surface area contributed by atoms with Gasteiger partial charge < -0.3 is 0 Å². The molecule has 0 radical (unpaired) electrons. The molecule has 5 heteroatoms. The van der Waals surface area contributed by atoms with E-state index in [9.17, 15) is 0 Å². The number of hydrogen-bond acceptors (Lipinski definition) is 3. The van der Waals surface area contributed by atoms with Crippen LogP contribution in [0.3, 0.4) is 0 Å². The third-order valence-electron chi connectivity index (χ3n) is 1.98. The number of hydrogen-bond donors (Lipinski definition) is 0. The maximum Gasteiger partial charge on any atom is 0.227 e. The first-order chi connectivity index (χ1) is 7.15. The van der Waals surface area contributed by atoms with Crippen molar-refractivity contribution in [1.82, 2.24) is 8.94 Å². The lowest BCUT2D eigenvalue weighted by molar-refractivity contribution is 0.917. The number of aromatic nitrogens is 2. The van der Waals surface area contributed by atoms with Crippen molar-refractivity contribution in [3.8, 4) is 0 Å². The fourth-order valence-electron chi connectivity index (χ4n) is 1.09. The third-order valence-corrected chi connectivity index (χ3v) is 3.12. The number of halogens is 1. The third kappa shape index (κ3) is 2.46. The molecule has 0 aliphatic carbocycles. The molecule has 2 aromatic rings. The average molecular weight is 240 g/mol. The van der Waals surface area contributed by atoms with Gasteiger partial charge in [-0.25, -0.2) is 9.98 Å². The summed E-state index contributed by atoms with van der Waals surface area (Å²) in [5.74, 6) is 0.965. The maximum absolute atomic E-state index is 5.79. The summed E-state index contributed by atoms with van der Waals surface area (Å²) < 4.78 is 1.98. The first-order valence-corrected chi connectivity index (χ1v) is 5.61. The minimum atomic E-state index is 0.717. The zero-order valence-electron chi connectivity index (χ0n) is 8.44. The van der Waals surface area contributed by atoms with Crippen molar-refractivity contribution in [3.05, 3.63) is 39.9 Å². The van der Waals surface area contributed by atoms with Crippen molar-refractivity contribution < 1.29 is 0 Å². The highest BCUT2D eigenvalue weighted by Crippen LogP contribution is 2.15. The molecule has 0 fully saturated rings. The van der Waals surface area contributed by atoms with Crippen LogP contribution in [0.4, 0.5) is 5.69 Å². The van der Waals surface area contributed by atoms with E-state index in [1.807, 2.05) is 42.2 Å². The Morgan fingerprint density at radius 1 is 1.33 bits per heavy atom. The van der Waals surface area contributed by atoms with Crippen molar-refractivity contribution in [3.63, 3.8) is 0 Å². The Morgan fingerprint density at radius 2 is 2.00 bits per heavy atom. The fraction of sp³-hybridized carbons (Fsp3) is 0.200. The zero-order valence-corrected chi connectivity index (χ0v) is 10.0. The summed E-state index contributed by atoms with van der Waals surface area (Å²) in [7, 11) is 1.97. The predicted molar refractivity (Wildman–Crippen MR) is 62.5 cm³/mol. The van der Waals surface area contributed by atoms with Gasteiger partial charge >= 0.3 is 0 Å². The van der Waals surface area contributed by atoms with E-state index in [0.717, 1.165) is 21.3 Å². The van der Waals surface area contributed by atoms with Crippen molar-refractivity contribution >= 4 is 28.8 Å². The average Bonchev–Trinajstić information content (AvgIpc) is 2.50. The summed E-state index contributed by atoms with van der Waals surface area (Å²) in [6.45, 7) is 1.96. The Kier molecular flexibility index (Phi) is 2.88. The van der Waals surface area contributed by atoms with Crippen molar-refractivity contribution in [2.45, 2.75) is 6.92 Å². The van der Waals surface area contributed by atoms with Gasteiger partial charge in [-0.05, 0) is 42.7 Å². The largest absolute Gasteiger partial charge is 0.286 e. The molecule has 1 aromatic carbocycles. The van der Waals surface area contributed by atoms with Crippen LogP contribution in [0.15, 0.2) is 29.3 Å². The molecule has 0 saturated heterocycles. The molecule has 0 amide bonds. The molecule has 0 aliphatic heterocycles. The normalized spacial score (nSPS) is 12.1. The van der Waals surface area contributed by atoms with Crippen LogP contribution in [0.25, 0.3) is 0 Å².